The van der Waals surface area contributed by atoms with Crippen molar-refractivity contribution in [2.75, 3.05) is 0 Å². The number of aliphatic carboxylic acids is 1. The fraction of sp³-hybridized carbons (Fsp3) is 0.769. The van der Waals surface area contributed by atoms with E-state index in [1.165, 1.54) is 0 Å². The molecule has 3 amide bonds. The van der Waals surface area contributed by atoms with E-state index in [4.69, 9.17) is 5.11 Å². The Morgan fingerprint density at radius 3 is 2.32 bits per heavy atom. The molecule has 6 heteroatoms. The van der Waals surface area contributed by atoms with Gasteiger partial charge in [-0.15, -0.1) is 0 Å². The molecule has 108 valence electrons. The molecule has 1 saturated carbocycles. The molecule has 0 heterocycles. The van der Waals surface area contributed by atoms with Crippen LogP contribution in [0.2, 0.25) is 0 Å². The van der Waals surface area contributed by atoms with E-state index < -0.39 is 17.9 Å². The molecule has 6 nitrogen and oxygen atoms in total. The van der Waals surface area contributed by atoms with E-state index in [0.717, 1.165) is 12.8 Å². The maximum atomic E-state index is 11.6. The molecule has 0 bridgehead atoms. The fourth-order valence-electron chi connectivity index (χ4n) is 2.10. The monoisotopic (exact) mass is 270 g/mol. The van der Waals surface area contributed by atoms with Crippen LogP contribution in [-0.2, 0) is 9.59 Å². The van der Waals surface area contributed by atoms with E-state index in [9.17, 15) is 14.4 Å². The summed E-state index contributed by atoms with van der Waals surface area (Å²) in [4.78, 5) is 33.7. The van der Waals surface area contributed by atoms with Crippen molar-refractivity contribution in [3.63, 3.8) is 0 Å². The van der Waals surface area contributed by atoms with Gasteiger partial charge in [-0.2, -0.15) is 0 Å². The topological polar surface area (TPSA) is 95.5 Å². The van der Waals surface area contributed by atoms with Gasteiger partial charge in [-0.25, -0.2) is 4.79 Å². The van der Waals surface area contributed by atoms with Gasteiger partial charge in [0.15, 0.2) is 0 Å². The molecule has 1 rings (SSSR count). The Morgan fingerprint density at radius 1 is 1.26 bits per heavy atom. The van der Waals surface area contributed by atoms with Gasteiger partial charge < -0.3 is 10.4 Å². The Balaban J connectivity index is 2.31. The minimum atomic E-state index is -0.945. The van der Waals surface area contributed by atoms with Gasteiger partial charge in [0.1, 0.15) is 0 Å². The molecule has 1 fully saturated rings. The van der Waals surface area contributed by atoms with Crippen LogP contribution in [0, 0.1) is 11.8 Å². The van der Waals surface area contributed by atoms with Crippen molar-refractivity contribution in [1.29, 1.82) is 0 Å². The molecule has 0 aromatic heterocycles. The minimum Gasteiger partial charge on any atom is -0.481 e. The normalized spacial score (nSPS) is 16.6. The summed E-state index contributed by atoms with van der Waals surface area (Å²) in [5.41, 5.74) is -0.308. The summed E-state index contributed by atoms with van der Waals surface area (Å²) >= 11 is 0. The quantitative estimate of drug-likeness (QED) is 0.681. The molecule has 0 aromatic carbocycles. The second-order valence-electron chi connectivity index (χ2n) is 5.91. The van der Waals surface area contributed by atoms with Crippen molar-refractivity contribution in [1.82, 2.24) is 10.6 Å². The Morgan fingerprint density at radius 2 is 1.84 bits per heavy atom. The Kier molecular flexibility index (Phi) is 4.91. The molecule has 0 aromatic rings. The van der Waals surface area contributed by atoms with E-state index in [1.54, 1.807) is 6.92 Å². The standard InChI is InChI=1S/C13H22N2O4/c1-8(7-11(17)18)6-10(16)14-12(19)15-13(2,3)9-4-5-9/h8-9H,4-7H2,1-3H3,(H,17,18)(H2,14,15,16,19). The number of carboxylic acid groups (broad SMARTS) is 1. The van der Waals surface area contributed by atoms with E-state index in [2.05, 4.69) is 10.6 Å². The van der Waals surface area contributed by atoms with Crippen LogP contribution in [0.3, 0.4) is 0 Å². The lowest BCUT2D eigenvalue weighted by atomic mass is 9.99. The Bertz CT molecular complexity index is 375. The van der Waals surface area contributed by atoms with Gasteiger partial charge in [-0.3, -0.25) is 14.9 Å². The van der Waals surface area contributed by atoms with Crippen LogP contribution in [0.5, 0.6) is 0 Å². The second kappa shape index (κ2) is 6.04. The largest absolute Gasteiger partial charge is 0.481 e. The maximum absolute atomic E-state index is 11.6. The van der Waals surface area contributed by atoms with Gasteiger partial charge in [0.2, 0.25) is 5.91 Å². The average Bonchev–Trinajstić information content (AvgIpc) is 2.95. The summed E-state index contributed by atoms with van der Waals surface area (Å²) in [6, 6.07) is -0.510. The highest BCUT2D eigenvalue weighted by Gasteiger charge is 2.38. The molecule has 1 aliphatic rings. The van der Waals surface area contributed by atoms with Crippen molar-refractivity contribution in [3.05, 3.63) is 0 Å². The van der Waals surface area contributed by atoms with E-state index in [-0.39, 0.29) is 24.3 Å². The van der Waals surface area contributed by atoms with Gasteiger partial charge >= 0.3 is 12.0 Å². The summed E-state index contributed by atoms with van der Waals surface area (Å²) in [5, 5.41) is 13.6. The molecule has 0 saturated heterocycles. The number of amides is 3. The predicted molar refractivity (Wildman–Crippen MR) is 69.5 cm³/mol. The SMILES string of the molecule is CC(CC(=O)O)CC(=O)NC(=O)NC(C)(C)C1CC1. The fourth-order valence-corrected chi connectivity index (χ4v) is 2.10. The number of rotatable bonds is 6. The third-order valence-corrected chi connectivity index (χ3v) is 3.34. The molecular weight excluding hydrogens is 248 g/mol. The Labute approximate surface area is 112 Å². The van der Waals surface area contributed by atoms with Crippen LogP contribution in [0.1, 0.15) is 46.5 Å². The third kappa shape index (κ3) is 5.72. The third-order valence-electron chi connectivity index (χ3n) is 3.34. The highest BCUT2D eigenvalue weighted by molar-refractivity contribution is 5.94. The summed E-state index contributed by atoms with van der Waals surface area (Å²) in [5.74, 6) is -1.21. The van der Waals surface area contributed by atoms with Gasteiger partial charge in [-0.1, -0.05) is 6.92 Å². The number of hydrogen-bond donors (Lipinski definition) is 3. The lowest BCUT2D eigenvalue weighted by Gasteiger charge is -2.26. The van der Waals surface area contributed by atoms with Crippen LogP contribution in [0.25, 0.3) is 0 Å². The lowest BCUT2D eigenvalue weighted by molar-refractivity contribution is -0.138. The molecule has 1 atom stereocenters. The molecule has 19 heavy (non-hydrogen) atoms. The first-order chi connectivity index (χ1) is 8.70. The molecule has 0 spiro atoms. The highest BCUT2D eigenvalue weighted by Crippen LogP contribution is 2.39. The number of urea groups is 1. The van der Waals surface area contributed by atoms with Gasteiger partial charge in [0.05, 0.1) is 0 Å². The highest BCUT2D eigenvalue weighted by atomic mass is 16.4. The lowest BCUT2D eigenvalue weighted by Crippen LogP contribution is -2.51. The number of imide groups is 1. The Hall–Kier alpha value is -1.59. The zero-order valence-electron chi connectivity index (χ0n) is 11.7. The van der Waals surface area contributed by atoms with Crippen molar-refractivity contribution in [3.8, 4) is 0 Å². The van der Waals surface area contributed by atoms with Crippen LogP contribution < -0.4 is 10.6 Å². The molecular formula is C13H22N2O4. The number of hydrogen-bond acceptors (Lipinski definition) is 3. The van der Waals surface area contributed by atoms with Gasteiger partial charge in [-0.05, 0) is 38.5 Å². The van der Waals surface area contributed by atoms with E-state index in [0.29, 0.717) is 5.92 Å². The summed E-state index contributed by atoms with van der Waals surface area (Å²) in [6.45, 7) is 5.53. The van der Waals surface area contributed by atoms with Crippen molar-refractivity contribution in [2.45, 2.75) is 52.0 Å². The van der Waals surface area contributed by atoms with Crippen molar-refractivity contribution >= 4 is 17.9 Å². The van der Waals surface area contributed by atoms with Gasteiger partial charge in [0, 0.05) is 18.4 Å². The van der Waals surface area contributed by atoms with Gasteiger partial charge in [0.25, 0.3) is 0 Å². The van der Waals surface area contributed by atoms with Crippen LogP contribution >= 0.6 is 0 Å². The maximum Gasteiger partial charge on any atom is 0.321 e. The number of carbonyl (C=O) groups is 3. The smallest absolute Gasteiger partial charge is 0.321 e. The second-order valence-corrected chi connectivity index (χ2v) is 5.91. The van der Waals surface area contributed by atoms with Crippen LogP contribution in [0.4, 0.5) is 4.79 Å². The number of carboxylic acids is 1. The number of carbonyl (C=O) groups excluding carboxylic acids is 2. The zero-order valence-corrected chi connectivity index (χ0v) is 11.7. The van der Waals surface area contributed by atoms with Crippen LogP contribution in [-0.4, -0.2) is 28.6 Å². The summed E-state index contributed by atoms with van der Waals surface area (Å²) < 4.78 is 0. The zero-order chi connectivity index (χ0) is 14.6. The van der Waals surface area contributed by atoms with Crippen molar-refractivity contribution < 1.29 is 19.5 Å². The van der Waals surface area contributed by atoms with E-state index in [1.807, 2.05) is 13.8 Å². The molecule has 1 aliphatic carbocycles. The van der Waals surface area contributed by atoms with Crippen LogP contribution in [0.15, 0.2) is 0 Å². The molecule has 1 unspecified atom stereocenters. The number of nitrogens with one attached hydrogen (secondary N) is 2. The molecule has 0 aliphatic heterocycles. The summed E-state index contributed by atoms with van der Waals surface area (Å²) in [6.07, 6.45) is 2.14. The first kappa shape index (κ1) is 15.5. The van der Waals surface area contributed by atoms with E-state index >= 15 is 0 Å². The first-order valence-corrected chi connectivity index (χ1v) is 6.54. The average molecular weight is 270 g/mol. The minimum absolute atomic E-state index is 0.0313. The predicted octanol–water partition coefficient (Wildman–Crippen LogP) is 1.50. The van der Waals surface area contributed by atoms with Crippen molar-refractivity contribution in [2.24, 2.45) is 11.8 Å². The summed E-state index contributed by atoms with van der Waals surface area (Å²) in [7, 11) is 0. The molecule has 3 N–H and O–H groups in total. The molecule has 0 radical (unpaired) electrons. The first-order valence-electron chi connectivity index (χ1n) is 6.54.